The van der Waals surface area contributed by atoms with Crippen LogP contribution >= 0.6 is 0 Å². The molecule has 8 heteroatoms. The number of aromatic nitrogens is 2. The van der Waals surface area contributed by atoms with Gasteiger partial charge in [-0.2, -0.15) is 13.4 Å². The molecule has 1 atom stereocenters. The second-order valence-electron chi connectivity index (χ2n) is 3.92. The van der Waals surface area contributed by atoms with E-state index in [9.17, 15) is 13.2 Å². The Bertz CT molecular complexity index is 544. The van der Waals surface area contributed by atoms with Gasteiger partial charge in [-0.25, -0.2) is 4.98 Å². The molecule has 1 aromatic rings. The second kappa shape index (κ2) is 6.46. The van der Waals surface area contributed by atoms with Crippen molar-refractivity contribution in [3.8, 4) is 5.88 Å². The molecule has 0 aromatic carbocycles. The van der Waals surface area contributed by atoms with Crippen LogP contribution in [0.1, 0.15) is 38.6 Å². The third-order valence-corrected chi connectivity index (χ3v) is 2.48. The van der Waals surface area contributed by atoms with Crippen LogP contribution in [0.5, 0.6) is 5.88 Å². The van der Waals surface area contributed by atoms with E-state index in [-0.39, 0.29) is 17.7 Å². The Kier molecular flexibility index (Phi) is 5.22. The number of esters is 1. The Morgan fingerprint density at radius 2 is 2.16 bits per heavy atom. The van der Waals surface area contributed by atoms with Gasteiger partial charge in [0.1, 0.15) is 0 Å². The fourth-order valence-corrected chi connectivity index (χ4v) is 1.67. The van der Waals surface area contributed by atoms with Gasteiger partial charge in [-0.15, -0.1) is 0 Å². The van der Waals surface area contributed by atoms with Gasteiger partial charge in [-0.3, -0.25) is 4.79 Å². The van der Waals surface area contributed by atoms with Crippen LogP contribution in [0.25, 0.3) is 0 Å². The van der Waals surface area contributed by atoms with Crippen molar-refractivity contribution in [2.75, 3.05) is 6.26 Å². The molecule has 1 heterocycles. The molecule has 0 saturated heterocycles. The zero-order valence-corrected chi connectivity index (χ0v) is 11.8. The van der Waals surface area contributed by atoms with E-state index >= 15 is 0 Å². The maximum atomic E-state index is 11.3. The van der Waals surface area contributed by atoms with Crippen LogP contribution in [-0.4, -0.2) is 30.6 Å². The largest absolute Gasteiger partial charge is 0.454 e. The van der Waals surface area contributed by atoms with E-state index in [0.717, 1.165) is 6.26 Å². The second-order valence-corrected chi connectivity index (χ2v) is 5.50. The van der Waals surface area contributed by atoms with Crippen molar-refractivity contribution in [2.24, 2.45) is 0 Å². The van der Waals surface area contributed by atoms with E-state index in [0.29, 0.717) is 12.8 Å². The van der Waals surface area contributed by atoms with Gasteiger partial charge in [0.2, 0.25) is 5.88 Å². The maximum absolute atomic E-state index is 11.3. The summed E-state index contributed by atoms with van der Waals surface area (Å²) in [5, 5.41) is 0. The zero-order chi connectivity index (χ0) is 14.5. The minimum Gasteiger partial charge on any atom is -0.454 e. The van der Waals surface area contributed by atoms with Crippen molar-refractivity contribution >= 4 is 16.1 Å². The van der Waals surface area contributed by atoms with Gasteiger partial charge < -0.3 is 8.92 Å². The number of ether oxygens (including phenoxy) is 1. The fraction of sp³-hybridized carbons (Fsp3) is 0.545. The molecule has 19 heavy (non-hydrogen) atoms. The summed E-state index contributed by atoms with van der Waals surface area (Å²) >= 11 is 0. The molecular weight excluding hydrogens is 272 g/mol. The fourth-order valence-electron chi connectivity index (χ4n) is 1.27. The van der Waals surface area contributed by atoms with Gasteiger partial charge in [0.05, 0.1) is 6.26 Å². The van der Waals surface area contributed by atoms with Crippen molar-refractivity contribution in [3.63, 3.8) is 0 Å². The summed E-state index contributed by atoms with van der Waals surface area (Å²) in [7, 11) is -3.65. The van der Waals surface area contributed by atoms with Gasteiger partial charge in [-0.1, -0.05) is 6.92 Å². The first-order chi connectivity index (χ1) is 8.81. The van der Waals surface area contributed by atoms with Gasteiger partial charge in [-0.05, 0) is 13.3 Å². The Hall–Kier alpha value is -1.70. The molecule has 0 amide bonds. The molecule has 0 fully saturated rings. The van der Waals surface area contributed by atoms with Gasteiger partial charge in [0, 0.05) is 18.7 Å². The lowest BCUT2D eigenvalue weighted by atomic mass is 10.3. The normalized spacial score (nSPS) is 12.8. The summed E-state index contributed by atoms with van der Waals surface area (Å²) in [6.45, 7) is 3.47. The van der Waals surface area contributed by atoms with Crippen LogP contribution in [0.2, 0.25) is 0 Å². The Morgan fingerprint density at radius 3 is 2.74 bits per heavy atom. The van der Waals surface area contributed by atoms with E-state index in [2.05, 4.69) is 14.2 Å². The predicted octanol–water partition coefficient (Wildman–Crippen LogP) is 1.22. The van der Waals surface area contributed by atoms with Crippen LogP contribution in [0, 0.1) is 0 Å². The van der Waals surface area contributed by atoms with Crippen LogP contribution in [0.3, 0.4) is 0 Å². The number of hydrogen-bond donors (Lipinski definition) is 0. The molecule has 0 N–H and O–H groups in total. The highest BCUT2D eigenvalue weighted by Gasteiger charge is 2.15. The topological polar surface area (TPSA) is 95.5 Å². The molecule has 1 aromatic heterocycles. The average molecular weight is 288 g/mol. The maximum Gasteiger partial charge on any atom is 0.307 e. The van der Waals surface area contributed by atoms with E-state index < -0.39 is 16.2 Å². The first kappa shape index (κ1) is 15.4. The van der Waals surface area contributed by atoms with Crippen molar-refractivity contribution in [2.45, 2.75) is 32.8 Å². The van der Waals surface area contributed by atoms with Gasteiger partial charge >= 0.3 is 16.1 Å². The summed E-state index contributed by atoms with van der Waals surface area (Å²) in [5.74, 6) is -0.274. The van der Waals surface area contributed by atoms with Crippen LogP contribution in [0.15, 0.2) is 12.3 Å². The number of carbonyl (C=O) groups is 1. The molecule has 0 aliphatic heterocycles. The third-order valence-electron chi connectivity index (χ3n) is 2.01. The molecule has 0 radical (unpaired) electrons. The number of carbonyl (C=O) groups excluding carboxylic acids is 1. The van der Waals surface area contributed by atoms with Crippen LogP contribution in [-0.2, 0) is 19.6 Å². The van der Waals surface area contributed by atoms with Crippen LogP contribution in [0.4, 0.5) is 0 Å². The Balaban J connectivity index is 2.78. The number of hydrogen-bond acceptors (Lipinski definition) is 7. The molecule has 106 valence electrons. The molecule has 7 nitrogen and oxygen atoms in total. The van der Waals surface area contributed by atoms with E-state index in [1.54, 1.807) is 6.92 Å². The van der Waals surface area contributed by atoms with E-state index in [1.165, 1.54) is 12.3 Å². The highest BCUT2D eigenvalue weighted by Crippen LogP contribution is 2.16. The molecule has 1 rings (SSSR count). The molecule has 0 bridgehead atoms. The third kappa shape index (κ3) is 5.64. The monoisotopic (exact) mass is 288 g/mol. The lowest BCUT2D eigenvalue weighted by Gasteiger charge is -2.12. The predicted molar refractivity (Wildman–Crippen MR) is 66.9 cm³/mol. The van der Waals surface area contributed by atoms with E-state index in [4.69, 9.17) is 4.74 Å². The molecule has 0 unspecified atom stereocenters. The quantitative estimate of drug-likeness (QED) is 0.573. The van der Waals surface area contributed by atoms with Crippen molar-refractivity contribution in [3.05, 3.63) is 18.1 Å². The highest BCUT2D eigenvalue weighted by molar-refractivity contribution is 7.86. The lowest BCUT2D eigenvalue weighted by Crippen LogP contribution is -2.13. The van der Waals surface area contributed by atoms with Crippen LogP contribution < -0.4 is 4.18 Å². The van der Waals surface area contributed by atoms with E-state index in [1.807, 2.05) is 6.92 Å². The van der Waals surface area contributed by atoms with Crippen molar-refractivity contribution in [1.29, 1.82) is 0 Å². The standard InChI is InChI=1S/C11H16N2O5S/c1-4-5-10(14)17-8(2)11-12-7-6-9(13-11)18-19(3,15)16/h6-8H,4-5H2,1-3H3/t8-/m0/s1. The number of nitrogens with zero attached hydrogens (tertiary/aromatic N) is 2. The summed E-state index contributed by atoms with van der Waals surface area (Å²) in [6.07, 6.45) is 2.59. The smallest absolute Gasteiger partial charge is 0.307 e. The summed E-state index contributed by atoms with van der Waals surface area (Å²) in [5.41, 5.74) is 0. The Labute approximate surface area is 112 Å². The average Bonchev–Trinajstić information content (AvgIpc) is 2.27. The summed E-state index contributed by atoms with van der Waals surface area (Å²) in [6, 6.07) is 1.31. The first-order valence-corrected chi connectivity index (χ1v) is 7.55. The SMILES string of the molecule is CCCC(=O)O[C@@H](C)c1nccc(OS(C)(=O)=O)n1. The van der Waals surface area contributed by atoms with Gasteiger partial charge in [0.25, 0.3) is 0 Å². The number of rotatable bonds is 6. The summed E-state index contributed by atoms with van der Waals surface area (Å²) in [4.78, 5) is 19.1. The molecule has 0 aliphatic rings. The molecule has 0 saturated carbocycles. The lowest BCUT2D eigenvalue weighted by molar-refractivity contribution is -0.149. The minimum absolute atomic E-state index is 0.106. The van der Waals surface area contributed by atoms with Gasteiger partial charge in [0.15, 0.2) is 11.9 Å². The van der Waals surface area contributed by atoms with Crippen molar-refractivity contribution in [1.82, 2.24) is 9.97 Å². The van der Waals surface area contributed by atoms with Crippen molar-refractivity contribution < 1.29 is 22.1 Å². The zero-order valence-electron chi connectivity index (χ0n) is 11.0. The highest BCUT2D eigenvalue weighted by atomic mass is 32.2. The Morgan fingerprint density at radius 1 is 1.47 bits per heavy atom. The minimum atomic E-state index is -3.65. The summed E-state index contributed by atoms with van der Waals surface area (Å²) < 4.78 is 31.7. The molecule has 0 spiro atoms. The molecular formula is C11H16N2O5S. The molecule has 0 aliphatic carbocycles. The first-order valence-electron chi connectivity index (χ1n) is 5.73.